The monoisotopic (exact) mass is 314 g/mol. The second-order valence-corrected chi connectivity index (χ2v) is 6.59. The summed E-state index contributed by atoms with van der Waals surface area (Å²) in [6, 6.07) is 8.56. The van der Waals surface area contributed by atoms with Gasteiger partial charge in [-0.1, -0.05) is 35.5 Å². The molecule has 1 aromatic heterocycles. The van der Waals surface area contributed by atoms with Crippen molar-refractivity contribution in [2.45, 2.75) is 31.3 Å². The number of aromatic nitrogens is 3. The van der Waals surface area contributed by atoms with Crippen LogP contribution in [0.5, 0.6) is 0 Å². The van der Waals surface area contributed by atoms with Crippen molar-refractivity contribution in [1.82, 2.24) is 14.8 Å². The third-order valence-electron chi connectivity index (χ3n) is 3.88. The normalized spacial score (nSPS) is 15.0. The Kier molecular flexibility index (Phi) is 4.83. The van der Waals surface area contributed by atoms with Gasteiger partial charge in [0.2, 0.25) is 5.95 Å². The Hall–Kier alpha value is -1.75. The molecule has 0 N–H and O–H groups in total. The van der Waals surface area contributed by atoms with Crippen LogP contribution in [0, 0.1) is 6.92 Å². The Morgan fingerprint density at radius 2 is 1.86 bits per heavy atom. The lowest BCUT2D eigenvalue weighted by Crippen LogP contribution is -2.31. The molecule has 0 amide bonds. The van der Waals surface area contributed by atoms with Crippen LogP contribution >= 0.6 is 11.8 Å². The Balaban J connectivity index is 2.00. The fraction of sp³-hybridized carbons (Fsp3) is 0.412. The lowest BCUT2D eigenvalue weighted by Gasteiger charge is -2.27. The van der Waals surface area contributed by atoms with Crippen LogP contribution in [0.2, 0.25) is 0 Å². The van der Waals surface area contributed by atoms with Crippen molar-refractivity contribution in [3.05, 3.63) is 42.5 Å². The van der Waals surface area contributed by atoms with Crippen molar-refractivity contribution in [3.63, 3.8) is 0 Å². The molecule has 4 nitrogen and oxygen atoms in total. The Labute approximate surface area is 136 Å². The maximum absolute atomic E-state index is 4.48. The third kappa shape index (κ3) is 3.19. The molecule has 0 atom stereocenters. The SMILES string of the molecule is C=CCSc1nnc(N2CCCCC2)n1-c1ccc(C)cc1. The zero-order chi connectivity index (χ0) is 15.4. The highest BCUT2D eigenvalue weighted by Gasteiger charge is 2.21. The Bertz CT molecular complexity index is 627. The van der Waals surface area contributed by atoms with E-state index in [0.29, 0.717) is 0 Å². The van der Waals surface area contributed by atoms with E-state index in [2.05, 4.69) is 57.4 Å². The van der Waals surface area contributed by atoms with Crippen LogP contribution in [0.15, 0.2) is 42.1 Å². The van der Waals surface area contributed by atoms with Gasteiger partial charge in [-0.2, -0.15) is 0 Å². The first-order chi connectivity index (χ1) is 10.8. The first-order valence-electron chi connectivity index (χ1n) is 7.80. The molecule has 0 spiro atoms. The first kappa shape index (κ1) is 15.2. The van der Waals surface area contributed by atoms with Crippen LogP contribution in [-0.2, 0) is 0 Å². The van der Waals surface area contributed by atoms with E-state index in [9.17, 15) is 0 Å². The minimum atomic E-state index is 0.837. The third-order valence-corrected chi connectivity index (χ3v) is 4.80. The number of hydrogen-bond donors (Lipinski definition) is 0. The number of benzene rings is 1. The molecule has 3 rings (SSSR count). The predicted molar refractivity (Wildman–Crippen MR) is 93.1 cm³/mol. The van der Waals surface area contributed by atoms with Crippen molar-refractivity contribution < 1.29 is 0 Å². The van der Waals surface area contributed by atoms with Gasteiger partial charge in [-0.15, -0.1) is 16.8 Å². The van der Waals surface area contributed by atoms with Crippen molar-refractivity contribution in [3.8, 4) is 5.69 Å². The van der Waals surface area contributed by atoms with Gasteiger partial charge in [-0.05, 0) is 38.3 Å². The van der Waals surface area contributed by atoms with E-state index in [1.165, 1.54) is 24.8 Å². The van der Waals surface area contributed by atoms with E-state index < -0.39 is 0 Å². The molecule has 0 radical (unpaired) electrons. The molecule has 1 aliphatic heterocycles. The summed E-state index contributed by atoms with van der Waals surface area (Å²) in [4.78, 5) is 2.36. The summed E-state index contributed by atoms with van der Waals surface area (Å²) < 4.78 is 2.18. The molecule has 1 saturated heterocycles. The summed E-state index contributed by atoms with van der Waals surface area (Å²) in [6.45, 7) is 8.03. The van der Waals surface area contributed by atoms with Crippen molar-refractivity contribution in [2.75, 3.05) is 23.7 Å². The maximum atomic E-state index is 4.48. The smallest absolute Gasteiger partial charge is 0.232 e. The molecule has 0 bridgehead atoms. The topological polar surface area (TPSA) is 34.0 Å². The number of piperidine rings is 1. The molecule has 116 valence electrons. The van der Waals surface area contributed by atoms with Gasteiger partial charge in [-0.25, -0.2) is 0 Å². The van der Waals surface area contributed by atoms with Gasteiger partial charge in [0.25, 0.3) is 0 Å². The molecule has 0 unspecified atom stereocenters. The molecular formula is C17H22N4S. The summed E-state index contributed by atoms with van der Waals surface area (Å²) in [5.41, 5.74) is 2.39. The zero-order valence-electron chi connectivity index (χ0n) is 13.0. The van der Waals surface area contributed by atoms with Gasteiger partial charge >= 0.3 is 0 Å². The van der Waals surface area contributed by atoms with E-state index in [1.54, 1.807) is 11.8 Å². The van der Waals surface area contributed by atoms with E-state index in [-0.39, 0.29) is 0 Å². The van der Waals surface area contributed by atoms with Crippen LogP contribution in [0.25, 0.3) is 5.69 Å². The number of nitrogens with zero attached hydrogens (tertiary/aromatic N) is 4. The Morgan fingerprint density at radius 1 is 1.14 bits per heavy atom. The standard InChI is InChI=1S/C17H22N4S/c1-3-13-22-17-19-18-16(20-11-5-4-6-12-20)21(17)15-9-7-14(2)8-10-15/h3,7-10H,1,4-6,11-13H2,2H3. The van der Waals surface area contributed by atoms with Crippen LogP contribution in [0.4, 0.5) is 5.95 Å². The van der Waals surface area contributed by atoms with Gasteiger partial charge in [0, 0.05) is 18.8 Å². The number of aryl methyl sites for hydroxylation is 1. The van der Waals surface area contributed by atoms with Crippen molar-refractivity contribution >= 4 is 17.7 Å². The second-order valence-electron chi connectivity index (χ2n) is 5.60. The second kappa shape index (κ2) is 7.01. The van der Waals surface area contributed by atoms with E-state index >= 15 is 0 Å². The number of anilines is 1. The van der Waals surface area contributed by atoms with Crippen molar-refractivity contribution in [2.24, 2.45) is 0 Å². The fourth-order valence-corrected chi connectivity index (χ4v) is 3.39. The molecule has 0 aliphatic carbocycles. The average molecular weight is 314 g/mol. The van der Waals surface area contributed by atoms with Gasteiger partial charge in [-0.3, -0.25) is 4.57 Å². The molecule has 5 heteroatoms. The summed E-state index contributed by atoms with van der Waals surface area (Å²) in [7, 11) is 0. The van der Waals surface area contributed by atoms with Gasteiger partial charge in [0.15, 0.2) is 5.16 Å². The van der Waals surface area contributed by atoms with E-state index in [4.69, 9.17) is 0 Å². The van der Waals surface area contributed by atoms with E-state index in [0.717, 1.165) is 35.6 Å². The van der Waals surface area contributed by atoms with E-state index in [1.807, 2.05) is 6.08 Å². The van der Waals surface area contributed by atoms with Crippen LogP contribution in [-0.4, -0.2) is 33.6 Å². The van der Waals surface area contributed by atoms with Crippen LogP contribution in [0.1, 0.15) is 24.8 Å². The first-order valence-corrected chi connectivity index (χ1v) is 8.79. The van der Waals surface area contributed by atoms with Gasteiger partial charge in [0.1, 0.15) is 0 Å². The quantitative estimate of drug-likeness (QED) is 0.620. The van der Waals surface area contributed by atoms with Gasteiger partial charge < -0.3 is 4.90 Å². The summed E-state index contributed by atoms with van der Waals surface area (Å²) >= 11 is 1.68. The predicted octanol–water partition coefficient (Wildman–Crippen LogP) is 3.84. The highest BCUT2D eigenvalue weighted by atomic mass is 32.2. The summed E-state index contributed by atoms with van der Waals surface area (Å²) in [5.74, 6) is 1.80. The summed E-state index contributed by atoms with van der Waals surface area (Å²) in [5, 5.41) is 9.82. The zero-order valence-corrected chi connectivity index (χ0v) is 13.9. The lowest BCUT2D eigenvalue weighted by atomic mass is 10.1. The van der Waals surface area contributed by atoms with Gasteiger partial charge in [0.05, 0.1) is 5.69 Å². The largest absolute Gasteiger partial charge is 0.341 e. The highest BCUT2D eigenvalue weighted by Crippen LogP contribution is 2.28. The minimum Gasteiger partial charge on any atom is -0.341 e. The molecule has 0 saturated carbocycles. The maximum Gasteiger partial charge on any atom is 0.232 e. The summed E-state index contributed by atoms with van der Waals surface area (Å²) in [6.07, 6.45) is 5.68. The van der Waals surface area contributed by atoms with Crippen LogP contribution in [0.3, 0.4) is 0 Å². The lowest BCUT2D eigenvalue weighted by molar-refractivity contribution is 0.564. The van der Waals surface area contributed by atoms with Crippen molar-refractivity contribution in [1.29, 1.82) is 0 Å². The average Bonchev–Trinajstić information content (AvgIpc) is 2.98. The number of thioether (sulfide) groups is 1. The molecule has 1 fully saturated rings. The number of hydrogen-bond acceptors (Lipinski definition) is 4. The molecular weight excluding hydrogens is 292 g/mol. The minimum absolute atomic E-state index is 0.837. The number of rotatable bonds is 5. The van der Waals surface area contributed by atoms with Crippen LogP contribution < -0.4 is 4.90 Å². The molecule has 22 heavy (non-hydrogen) atoms. The molecule has 2 heterocycles. The molecule has 2 aromatic rings. The Morgan fingerprint density at radius 3 is 2.55 bits per heavy atom. The fourth-order valence-electron chi connectivity index (χ4n) is 2.71. The molecule has 1 aromatic carbocycles. The highest BCUT2D eigenvalue weighted by molar-refractivity contribution is 7.99. The molecule has 1 aliphatic rings.